The Balaban J connectivity index is 1.86. The fourth-order valence-corrected chi connectivity index (χ4v) is 5.42. The van der Waals surface area contributed by atoms with E-state index in [4.69, 9.17) is 23.2 Å². The zero-order chi connectivity index (χ0) is 20.3. The van der Waals surface area contributed by atoms with Gasteiger partial charge in [-0.05, 0) is 49.1 Å². The minimum absolute atomic E-state index is 0.0145. The molecule has 0 unspecified atom stereocenters. The van der Waals surface area contributed by atoms with Gasteiger partial charge in [0.25, 0.3) is 5.91 Å². The molecule has 1 aliphatic carbocycles. The van der Waals surface area contributed by atoms with Crippen molar-refractivity contribution < 1.29 is 13.2 Å². The standard InChI is InChI=1S/C20H22Cl2N2O3S/c1-2-13-7-9-14(10-8-13)23-20(25)16-11-19(18(22)12-17(16)21)28(26,27)24-15-5-3-4-6-15/h7-12,15,24H,2-6H2,1H3,(H,23,25). The fraction of sp³-hybridized carbons (Fsp3) is 0.350. The van der Waals surface area contributed by atoms with Gasteiger partial charge in [0.1, 0.15) is 4.90 Å². The predicted molar refractivity (Wildman–Crippen MR) is 113 cm³/mol. The van der Waals surface area contributed by atoms with Gasteiger partial charge in [0.05, 0.1) is 15.6 Å². The van der Waals surface area contributed by atoms with Crippen molar-refractivity contribution in [2.24, 2.45) is 0 Å². The molecule has 2 aromatic rings. The molecule has 28 heavy (non-hydrogen) atoms. The molecule has 1 aliphatic rings. The van der Waals surface area contributed by atoms with Crippen LogP contribution in [0, 0.1) is 0 Å². The third-order valence-corrected chi connectivity index (χ3v) is 7.15. The van der Waals surface area contributed by atoms with Crippen molar-refractivity contribution in [1.82, 2.24) is 4.72 Å². The molecule has 2 aromatic carbocycles. The normalized spacial score (nSPS) is 15.0. The first-order valence-corrected chi connectivity index (χ1v) is 11.5. The Morgan fingerprint density at radius 2 is 1.71 bits per heavy atom. The maximum atomic E-state index is 12.8. The van der Waals surface area contributed by atoms with Crippen molar-refractivity contribution >= 4 is 44.8 Å². The van der Waals surface area contributed by atoms with Gasteiger partial charge in [0, 0.05) is 11.7 Å². The van der Waals surface area contributed by atoms with Crippen LogP contribution in [-0.4, -0.2) is 20.4 Å². The first-order chi connectivity index (χ1) is 13.3. The summed E-state index contributed by atoms with van der Waals surface area (Å²) in [4.78, 5) is 12.5. The average Bonchev–Trinajstić information content (AvgIpc) is 3.14. The topological polar surface area (TPSA) is 75.3 Å². The summed E-state index contributed by atoms with van der Waals surface area (Å²) in [5, 5.41) is 2.82. The van der Waals surface area contributed by atoms with Crippen LogP contribution < -0.4 is 10.0 Å². The third kappa shape index (κ3) is 4.87. The van der Waals surface area contributed by atoms with Crippen molar-refractivity contribution in [1.29, 1.82) is 0 Å². The van der Waals surface area contributed by atoms with Crippen LogP contribution in [0.5, 0.6) is 0 Å². The summed E-state index contributed by atoms with van der Waals surface area (Å²) in [5.74, 6) is -0.497. The second-order valence-electron chi connectivity index (χ2n) is 6.87. The number of anilines is 1. The lowest BCUT2D eigenvalue weighted by molar-refractivity contribution is 0.102. The van der Waals surface area contributed by atoms with E-state index in [0.29, 0.717) is 5.69 Å². The number of halogens is 2. The highest BCUT2D eigenvalue weighted by Gasteiger charge is 2.27. The zero-order valence-electron chi connectivity index (χ0n) is 15.5. The summed E-state index contributed by atoms with van der Waals surface area (Å²) < 4.78 is 28.2. The van der Waals surface area contributed by atoms with Crippen LogP contribution >= 0.6 is 23.2 Å². The van der Waals surface area contributed by atoms with E-state index in [1.54, 1.807) is 12.1 Å². The van der Waals surface area contributed by atoms with Gasteiger partial charge in [-0.25, -0.2) is 13.1 Å². The number of aryl methyl sites for hydroxylation is 1. The zero-order valence-corrected chi connectivity index (χ0v) is 17.8. The van der Waals surface area contributed by atoms with E-state index in [9.17, 15) is 13.2 Å². The summed E-state index contributed by atoms with van der Waals surface area (Å²) >= 11 is 12.3. The molecule has 2 N–H and O–H groups in total. The number of nitrogens with one attached hydrogen (secondary N) is 2. The van der Waals surface area contributed by atoms with Crippen LogP contribution in [-0.2, 0) is 16.4 Å². The highest BCUT2D eigenvalue weighted by Crippen LogP contribution is 2.30. The second kappa shape index (κ2) is 8.82. The van der Waals surface area contributed by atoms with E-state index in [2.05, 4.69) is 10.0 Å². The molecule has 0 aromatic heterocycles. The molecule has 0 spiro atoms. The van der Waals surface area contributed by atoms with E-state index in [0.717, 1.165) is 37.7 Å². The van der Waals surface area contributed by atoms with Gasteiger partial charge in [-0.1, -0.05) is 55.1 Å². The molecule has 1 amide bonds. The van der Waals surface area contributed by atoms with Crippen molar-refractivity contribution in [3.8, 4) is 0 Å². The number of hydrogen-bond donors (Lipinski definition) is 2. The van der Waals surface area contributed by atoms with Crippen LogP contribution in [0.2, 0.25) is 10.0 Å². The number of sulfonamides is 1. The number of amides is 1. The quantitative estimate of drug-likeness (QED) is 0.660. The van der Waals surface area contributed by atoms with Crippen LogP contribution in [0.15, 0.2) is 41.3 Å². The Kier molecular flexibility index (Phi) is 6.65. The van der Waals surface area contributed by atoms with Crippen LogP contribution in [0.25, 0.3) is 0 Å². The highest BCUT2D eigenvalue weighted by atomic mass is 35.5. The van der Waals surface area contributed by atoms with Gasteiger partial charge >= 0.3 is 0 Å². The number of carbonyl (C=O) groups is 1. The Bertz CT molecular complexity index is 970. The Labute approximate surface area is 175 Å². The molecule has 5 nitrogen and oxygen atoms in total. The van der Waals surface area contributed by atoms with E-state index in [-0.39, 0.29) is 26.5 Å². The molecule has 1 fully saturated rings. The van der Waals surface area contributed by atoms with Gasteiger partial charge < -0.3 is 5.32 Å². The molecule has 3 rings (SSSR count). The van der Waals surface area contributed by atoms with Gasteiger partial charge in [0.2, 0.25) is 10.0 Å². The lowest BCUT2D eigenvalue weighted by atomic mass is 10.1. The minimum atomic E-state index is -3.85. The third-order valence-electron chi connectivity index (χ3n) is 4.85. The fourth-order valence-electron chi connectivity index (χ4n) is 3.26. The summed E-state index contributed by atoms with van der Waals surface area (Å²) in [5.41, 5.74) is 1.80. The first kappa shape index (κ1) is 21.1. The van der Waals surface area contributed by atoms with Gasteiger partial charge in [-0.3, -0.25) is 4.79 Å². The SMILES string of the molecule is CCc1ccc(NC(=O)c2cc(S(=O)(=O)NC3CCCC3)c(Cl)cc2Cl)cc1. The summed E-state index contributed by atoms with van der Waals surface area (Å²) in [7, 11) is -3.85. The largest absolute Gasteiger partial charge is 0.322 e. The maximum absolute atomic E-state index is 12.8. The molecule has 0 aliphatic heterocycles. The summed E-state index contributed by atoms with van der Waals surface area (Å²) in [6.45, 7) is 2.04. The second-order valence-corrected chi connectivity index (χ2v) is 9.37. The number of rotatable bonds is 6. The Morgan fingerprint density at radius 1 is 1.07 bits per heavy atom. The van der Waals surface area contributed by atoms with Gasteiger partial charge in [0.15, 0.2) is 0 Å². The molecule has 0 atom stereocenters. The van der Waals surface area contributed by atoms with Gasteiger partial charge in [-0.15, -0.1) is 0 Å². The smallest absolute Gasteiger partial charge is 0.257 e. The van der Waals surface area contributed by atoms with Gasteiger partial charge in [-0.2, -0.15) is 0 Å². The van der Waals surface area contributed by atoms with Crippen molar-refractivity contribution in [3.05, 3.63) is 57.6 Å². The van der Waals surface area contributed by atoms with Crippen LogP contribution in [0.3, 0.4) is 0 Å². The summed E-state index contributed by atoms with van der Waals surface area (Å²) in [6, 6.07) is 9.84. The van der Waals surface area contributed by atoms with Crippen LogP contribution in [0.1, 0.15) is 48.5 Å². The molecule has 1 saturated carbocycles. The predicted octanol–water partition coefficient (Wildman–Crippen LogP) is 5.03. The Hall–Kier alpha value is -1.60. The molecule has 150 valence electrons. The highest BCUT2D eigenvalue weighted by molar-refractivity contribution is 7.89. The molecule has 0 radical (unpaired) electrons. The molecule has 0 saturated heterocycles. The Morgan fingerprint density at radius 3 is 2.32 bits per heavy atom. The molecular weight excluding hydrogens is 419 g/mol. The minimum Gasteiger partial charge on any atom is -0.322 e. The lowest BCUT2D eigenvalue weighted by Crippen LogP contribution is -2.33. The molecule has 0 bridgehead atoms. The average molecular weight is 441 g/mol. The van der Waals surface area contributed by atoms with E-state index < -0.39 is 15.9 Å². The van der Waals surface area contributed by atoms with Crippen LogP contribution in [0.4, 0.5) is 5.69 Å². The number of benzene rings is 2. The summed E-state index contributed by atoms with van der Waals surface area (Å²) in [6.07, 6.45) is 4.47. The van der Waals surface area contributed by atoms with Crippen molar-refractivity contribution in [2.75, 3.05) is 5.32 Å². The first-order valence-electron chi connectivity index (χ1n) is 9.22. The molecule has 8 heteroatoms. The maximum Gasteiger partial charge on any atom is 0.257 e. The molecule has 0 heterocycles. The molecular formula is C20H22Cl2N2O3S. The van der Waals surface area contributed by atoms with Crippen molar-refractivity contribution in [3.63, 3.8) is 0 Å². The number of carbonyl (C=O) groups excluding carboxylic acids is 1. The lowest BCUT2D eigenvalue weighted by Gasteiger charge is -2.15. The van der Waals surface area contributed by atoms with E-state index in [1.807, 2.05) is 19.1 Å². The number of hydrogen-bond acceptors (Lipinski definition) is 3. The van der Waals surface area contributed by atoms with E-state index in [1.165, 1.54) is 12.1 Å². The van der Waals surface area contributed by atoms with E-state index >= 15 is 0 Å². The monoisotopic (exact) mass is 440 g/mol. The van der Waals surface area contributed by atoms with Crippen molar-refractivity contribution in [2.45, 2.75) is 50.0 Å².